The Hall–Kier alpha value is -1.98. The molecule has 0 heterocycles. The van der Waals surface area contributed by atoms with Gasteiger partial charge in [-0.15, -0.1) is 0 Å². The lowest BCUT2D eigenvalue weighted by Crippen LogP contribution is -2.42. The van der Waals surface area contributed by atoms with E-state index in [2.05, 4.69) is 38.2 Å². The summed E-state index contributed by atoms with van der Waals surface area (Å²) in [6.07, 6.45) is 2.46. The van der Waals surface area contributed by atoms with Crippen molar-refractivity contribution in [3.63, 3.8) is 0 Å². The molecule has 29 heavy (non-hydrogen) atoms. The molecule has 0 radical (unpaired) electrons. The minimum Gasteiger partial charge on any atom is -0.459 e. The monoisotopic (exact) mass is 433 g/mol. The third-order valence-electron chi connectivity index (χ3n) is 4.51. The molecule has 2 aromatic rings. The molecule has 0 bridgehead atoms. The Kier molecular flexibility index (Phi) is 8.60. The Labute approximate surface area is 182 Å². The number of thioether (sulfide) groups is 1. The Balaban J connectivity index is 1.98. The van der Waals surface area contributed by atoms with Gasteiger partial charge in [0.05, 0.1) is 0 Å². The van der Waals surface area contributed by atoms with E-state index in [1.807, 2.05) is 18.4 Å². The number of carbonyl (C=O) groups is 2. The van der Waals surface area contributed by atoms with Gasteiger partial charge in [0.1, 0.15) is 12.6 Å². The van der Waals surface area contributed by atoms with Gasteiger partial charge in [-0.25, -0.2) is 4.79 Å². The summed E-state index contributed by atoms with van der Waals surface area (Å²) in [5, 5.41) is 3.34. The fraction of sp³-hybridized carbons (Fsp3) is 0.391. The number of halogens is 1. The van der Waals surface area contributed by atoms with Crippen molar-refractivity contribution in [3.05, 3.63) is 70.2 Å². The molecule has 1 atom stereocenters. The summed E-state index contributed by atoms with van der Waals surface area (Å²) in [5.74, 6) is -0.0125. The van der Waals surface area contributed by atoms with E-state index in [1.54, 1.807) is 36.0 Å². The summed E-state index contributed by atoms with van der Waals surface area (Å²) >= 11 is 7.48. The van der Waals surface area contributed by atoms with Crippen molar-refractivity contribution in [2.24, 2.45) is 0 Å². The molecular formula is C23H28ClNO3S. The summed E-state index contributed by atoms with van der Waals surface area (Å²) in [6.45, 7) is 6.64. The zero-order valence-corrected chi connectivity index (χ0v) is 18.9. The first-order chi connectivity index (χ1) is 13.7. The second kappa shape index (κ2) is 10.7. The zero-order valence-electron chi connectivity index (χ0n) is 17.3. The molecule has 1 amide bonds. The number of ether oxygens (including phenoxy) is 1. The van der Waals surface area contributed by atoms with Crippen molar-refractivity contribution >= 4 is 35.2 Å². The summed E-state index contributed by atoms with van der Waals surface area (Å²) < 4.78 is 5.48. The molecule has 156 valence electrons. The molecule has 6 heteroatoms. The number of hydrogen-bond donors (Lipinski definition) is 1. The van der Waals surface area contributed by atoms with Crippen LogP contribution in [0.15, 0.2) is 48.5 Å². The largest absolute Gasteiger partial charge is 0.459 e. The van der Waals surface area contributed by atoms with Gasteiger partial charge < -0.3 is 10.1 Å². The van der Waals surface area contributed by atoms with Gasteiger partial charge >= 0.3 is 5.97 Å². The van der Waals surface area contributed by atoms with Crippen molar-refractivity contribution in [1.29, 1.82) is 0 Å². The summed E-state index contributed by atoms with van der Waals surface area (Å²) in [6, 6.07) is 13.9. The Morgan fingerprint density at radius 2 is 1.69 bits per heavy atom. The highest BCUT2D eigenvalue weighted by Crippen LogP contribution is 2.22. The average Bonchev–Trinajstić information content (AvgIpc) is 2.69. The molecule has 2 rings (SSSR count). The molecule has 1 unspecified atom stereocenters. The smallest absolute Gasteiger partial charge is 0.329 e. The van der Waals surface area contributed by atoms with E-state index in [1.165, 1.54) is 5.56 Å². The van der Waals surface area contributed by atoms with Gasteiger partial charge in [-0.2, -0.15) is 11.8 Å². The van der Waals surface area contributed by atoms with Crippen LogP contribution in [0, 0.1) is 0 Å². The number of hydrogen-bond acceptors (Lipinski definition) is 4. The van der Waals surface area contributed by atoms with Crippen molar-refractivity contribution < 1.29 is 14.3 Å². The number of benzene rings is 2. The van der Waals surface area contributed by atoms with Gasteiger partial charge in [0.2, 0.25) is 0 Å². The minimum absolute atomic E-state index is 0.0735. The quantitative estimate of drug-likeness (QED) is 0.579. The zero-order chi connectivity index (χ0) is 21.4. The number of carbonyl (C=O) groups excluding carboxylic acids is 2. The maximum atomic E-state index is 12.6. The number of rotatable bonds is 8. The van der Waals surface area contributed by atoms with Gasteiger partial charge in [0, 0.05) is 10.6 Å². The van der Waals surface area contributed by atoms with Crippen molar-refractivity contribution in [1.82, 2.24) is 5.32 Å². The molecule has 4 nitrogen and oxygen atoms in total. The Bertz CT molecular complexity index is 814. The third kappa shape index (κ3) is 7.41. The van der Waals surface area contributed by atoms with Crippen LogP contribution in [0.25, 0.3) is 0 Å². The average molecular weight is 434 g/mol. The SMILES string of the molecule is CSCCC(NC(=O)c1ccc(Cl)cc1)C(=O)OCc1ccc(C(C)(C)C)cc1. The van der Waals surface area contributed by atoms with Crippen LogP contribution in [0.1, 0.15) is 48.7 Å². The second-order valence-electron chi connectivity index (χ2n) is 7.87. The predicted molar refractivity (Wildman–Crippen MR) is 121 cm³/mol. The molecule has 0 aliphatic rings. The van der Waals surface area contributed by atoms with Crippen LogP contribution in [0.2, 0.25) is 5.02 Å². The van der Waals surface area contributed by atoms with E-state index in [0.29, 0.717) is 17.0 Å². The normalized spacial score (nSPS) is 12.3. The van der Waals surface area contributed by atoms with Gasteiger partial charge in [0.15, 0.2) is 0 Å². The fourth-order valence-electron chi connectivity index (χ4n) is 2.68. The van der Waals surface area contributed by atoms with Gasteiger partial charge in [-0.3, -0.25) is 4.79 Å². The van der Waals surface area contributed by atoms with E-state index in [4.69, 9.17) is 16.3 Å². The molecular weight excluding hydrogens is 406 g/mol. The summed E-state index contributed by atoms with van der Waals surface area (Å²) in [7, 11) is 0. The van der Waals surface area contributed by atoms with Crippen LogP contribution in [-0.4, -0.2) is 29.9 Å². The number of amides is 1. The van der Waals surface area contributed by atoms with E-state index in [-0.39, 0.29) is 17.9 Å². The summed E-state index contributed by atoms with van der Waals surface area (Å²) in [5.41, 5.74) is 2.66. The van der Waals surface area contributed by atoms with Crippen molar-refractivity contribution in [2.45, 2.75) is 45.3 Å². The first kappa shape index (κ1) is 23.3. The van der Waals surface area contributed by atoms with Crippen LogP contribution in [0.4, 0.5) is 0 Å². The molecule has 0 fully saturated rings. The second-order valence-corrected chi connectivity index (χ2v) is 9.29. The maximum absolute atomic E-state index is 12.6. The number of esters is 1. The van der Waals surface area contributed by atoms with Crippen molar-refractivity contribution in [2.75, 3.05) is 12.0 Å². The Morgan fingerprint density at radius 3 is 2.24 bits per heavy atom. The molecule has 1 N–H and O–H groups in total. The molecule has 2 aromatic carbocycles. The lowest BCUT2D eigenvalue weighted by Gasteiger charge is -2.20. The molecule has 0 aromatic heterocycles. The topological polar surface area (TPSA) is 55.4 Å². The molecule has 0 aliphatic heterocycles. The van der Waals surface area contributed by atoms with Crippen LogP contribution in [-0.2, 0) is 21.6 Å². The molecule has 0 aliphatic carbocycles. The molecule has 0 spiro atoms. The van der Waals surface area contributed by atoms with E-state index >= 15 is 0 Å². The minimum atomic E-state index is -0.695. The van der Waals surface area contributed by atoms with Crippen LogP contribution in [0.5, 0.6) is 0 Å². The highest BCUT2D eigenvalue weighted by atomic mass is 35.5. The van der Waals surface area contributed by atoms with E-state index < -0.39 is 12.0 Å². The van der Waals surface area contributed by atoms with Gasteiger partial charge in [0.25, 0.3) is 5.91 Å². The van der Waals surface area contributed by atoms with Crippen LogP contribution >= 0.6 is 23.4 Å². The van der Waals surface area contributed by atoms with Gasteiger partial charge in [-0.05, 0) is 59.2 Å². The van der Waals surface area contributed by atoms with Crippen molar-refractivity contribution in [3.8, 4) is 0 Å². The highest BCUT2D eigenvalue weighted by Gasteiger charge is 2.23. The molecule has 0 saturated heterocycles. The predicted octanol–water partition coefficient (Wildman–Crippen LogP) is 5.23. The number of nitrogens with one attached hydrogen (secondary N) is 1. The van der Waals surface area contributed by atoms with Crippen LogP contribution in [0.3, 0.4) is 0 Å². The first-order valence-electron chi connectivity index (χ1n) is 9.52. The van der Waals surface area contributed by atoms with Crippen LogP contribution < -0.4 is 5.32 Å². The summed E-state index contributed by atoms with van der Waals surface area (Å²) in [4.78, 5) is 25.1. The third-order valence-corrected chi connectivity index (χ3v) is 5.40. The maximum Gasteiger partial charge on any atom is 0.329 e. The first-order valence-corrected chi connectivity index (χ1v) is 11.3. The van der Waals surface area contributed by atoms with E-state index in [9.17, 15) is 9.59 Å². The van der Waals surface area contributed by atoms with Gasteiger partial charge in [-0.1, -0.05) is 56.6 Å². The lowest BCUT2D eigenvalue weighted by molar-refractivity contribution is -0.147. The standard InChI is InChI=1S/C23H28ClNO3S/c1-23(2,3)18-9-5-16(6-10-18)15-28-22(27)20(13-14-29-4)25-21(26)17-7-11-19(24)12-8-17/h5-12,20H,13-15H2,1-4H3,(H,25,26). The molecule has 0 saturated carbocycles. The highest BCUT2D eigenvalue weighted by molar-refractivity contribution is 7.98. The lowest BCUT2D eigenvalue weighted by atomic mass is 9.87. The fourth-order valence-corrected chi connectivity index (χ4v) is 3.28. The Morgan fingerprint density at radius 1 is 1.07 bits per heavy atom. The van der Waals surface area contributed by atoms with E-state index in [0.717, 1.165) is 11.3 Å².